The fourth-order valence-electron chi connectivity index (χ4n) is 2.50. The Kier molecular flexibility index (Phi) is 4.77. The maximum Gasteiger partial charge on any atom is 0.255 e. The zero-order chi connectivity index (χ0) is 13.8. The number of rotatable bonds is 3. The average molecular weight is 285 g/mol. The second-order valence-corrected chi connectivity index (χ2v) is 5.31. The molecule has 104 valence electrons. The summed E-state index contributed by atoms with van der Waals surface area (Å²) >= 11 is 5.88. The molecule has 3 nitrogen and oxygen atoms in total. The van der Waals surface area contributed by atoms with Crippen molar-refractivity contribution >= 4 is 17.5 Å². The van der Waals surface area contributed by atoms with Crippen molar-refractivity contribution in [2.75, 3.05) is 7.05 Å². The van der Waals surface area contributed by atoms with Gasteiger partial charge in [-0.25, -0.2) is 4.39 Å². The minimum atomic E-state index is -0.575. The summed E-state index contributed by atoms with van der Waals surface area (Å²) in [5.41, 5.74) is -0.0556. The van der Waals surface area contributed by atoms with Crippen molar-refractivity contribution in [1.29, 1.82) is 0 Å². The summed E-state index contributed by atoms with van der Waals surface area (Å²) in [5.74, 6) is -0.995. The maximum atomic E-state index is 13.6. The number of benzene rings is 1. The summed E-state index contributed by atoms with van der Waals surface area (Å²) in [5, 5.41) is 6.26. The van der Waals surface area contributed by atoms with Crippen molar-refractivity contribution in [2.24, 2.45) is 0 Å². The van der Waals surface area contributed by atoms with Gasteiger partial charge in [0.2, 0.25) is 0 Å². The number of halogens is 2. The van der Waals surface area contributed by atoms with E-state index in [4.69, 9.17) is 11.6 Å². The van der Waals surface area contributed by atoms with Gasteiger partial charge in [0.05, 0.1) is 10.6 Å². The fraction of sp³-hybridized carbons (Fsp3) is 0.500. The lowest BCUT2D eigenvalue weighted by molar-refractivity contribution is 0.0921. The van der Waals surface area contributed by atoms with E-state index in [-0.39, 0.29) is 16.6 Å². The van der Waals surface area contributed by atoms with Gasteiger partial charge in [-0.05, 0) is 44.9 Å². The lowest BCUT2D eigenvalue weighted by Crippen LogP contribution is -2.41. The van der Waals surface area contributed by atoms with E-state index in [2.05, 4.69) is 10.6 Å². The third kappa shape index (κ3) is 3.45. The Labute approximate surface area is 117 Å². The van der Waals surface area contributed by atoms with Crippen LogP contribution in [0.3, 0.4) is 0 Å². The highest BCUT2D eigenvalue weighted by Crippen LogP contribution is 2.22. The van der Waals surface area contributed by atoms with Gasteiger partial charge >= 0.3 is 0 Å². The van der Waals surface area contributed by atoms with Crippen LogP contribution >= 0.6 is 11.6 Å². The molecule has 0 radical (unpaired) electrons. The molecule has 1 saturated carbocycles. The normalized spacial score (nSPS) is 23.1. The lowest BCUT2D eigenvalue weighted by atomic mass is 9.91. The molecule has 2 N–H and O–H groups in total. The van der Waals surface area contributed by atoms with E-state index >= 15 is 0 Å². The predicted molar refractivity (Wildman–Crippen MR) is 74.0 cm³/mol. The molecule has 0 saturated heterocycles. The van der Waals surface area contributed by atoms with Gasteiger partial charge in [0.15, 0.2) is 0 Å². The monoisotopic (exact) mass is 284 g/mol. The number of carbonyl (C=O) groups is 1. The van der Waals surface area contributed by atoms with Gasteiger partial charge in [-0.15, -0.1) is 0 Å². The second-order valence-electron chi connectivity index (χ2n) is 4.91. The van der Waals surface area contributed by atoms with E-state index in [1.54, 1.807) is 0 Å². The van der Waals surface area contributed by atoms with Crippen molar-refractivity contribution in [1.82, 2.24) is 10.6 Å². The topological polar surface area (TPSA) is 41.1 Å². The molecule has 1 aliphatic carbocycles. The third-order valence-electron chi connectivity index (χ3n) is 3.66. The van der Waals surface area contributed by atoms with Gasteiger partial charge in [-0.1, -0.05) is 17.7 Å². The first kappa shape index (κ1) is 14.3. The maximum absolute atomic E-state index is 13.6. The summed E-state index contributed by atoms with van der Waals surface area (Å²) in [6.07, 6.45) is 3.85. The Morgan fingerprint density at radius 2 is 1.89 bits per heavy atom. The van der Waals surface area contributed by atoms with Crippen LogP contribution in [0, 0.1) is 5.82 Å². The molecule has 1 aromatic rings. The van der Waals surface area contributed by atoms with Crippen molar-refractivity contribution in [2.45, 2.75) is 37.8 Å². The molecule has 1 amide bonds. The number of amides is 1. The molecular formula is C14H18ClFN2O. The van der Waals surface area contributed by atoms with Gasteiger partial charge < -0.3 is 10.6 Å². The minimum Gasteiger partial charge on any atom is -0.349 e. The highest BCUT2D eigenvalue weighted by atomic mass is 35.5. The number of carbonyl (C=O) groups excluding carboxylic acids is 1. The average Bonchev–Trinajstić information content (AvgIpc) is 2.39. The lowest BCUT2D eigenvalue weighted by Gasteiger charge is -2.28. The zero-order valence-electron chi connectivity index (χ0n) is 10.9. The first-order chi connectivity index (χ1) is 9.11. The number of nitrogens with one attached hydrogen (secondary N) is 2. The zero-order valence-corrected chi connectivity index (χ0v) is 11.6. The molecule has 0 unspecified atom stereocenters. The predicted octanol–water partition coefficient (Wildman–Crippen LogP) is 2.74. The van der Waals surface area contributed by atoms with Crippen LogP contribution in [0.1, 0.15) is 36.0 Å². The van der Waals surface area contributed by atoms with Crippen LogP contribution in [0.5, 0.6) is 0 Å². The van der Waals surface area contributed by atoms with Crippen LogP contribution in [-0.4, -0.2) is 25.0 Å². The van der Waals surface area contributed by atoms with Crippen LogP contribution in [0.25, 0.3) is 0 Å². The first-order valence-corrected chi connectivity index (χ1v) is 6.91. The molecule has 0 bridgehead atoms. The fourth-order valence-corrected chi connectivity index (χ4v) is 2.75. The SMILES string of the molecule is CNC1CCC(NC(=O)c2c(F)cccc2Cl)CC1. The van der Waals surface area contributed by atoms with Gasteiger partial charge in [0, 0.05) is 12.1 Å². The highest BCUT2D eigenvalue weighted by molar-refractivity contribution is 6.33. The van der Waals surface area contributed by atoms with Gasteiger partial charge in [-0.3, -0.25) is 4.79 Å². The van der Waals surface area contributed by atoms with Crippen LogP contribution in [0.4, 0.5) is 4.39 Å². The number of hydrogen-bond acceptors (Lipinski definition) is 2. The molecule has 2 rings (SSSR count). The molecule has 0 aromatic heterocycles. The summed E-state index contributed by atoms with van der Waals surface area (Å²) < 4.78 is 13.6. The molecule has 1 aromatic carbocycles. The molecule has 0 heterocycles. The molecule has 19 heavy (non-hydrogen) atoms. The van der Waals surface area contributed by atoms with Gasteiger partial charge in [0.1, 0.15) is 5.82 Å². The van der Waals surface area contributed by atoms with E-state index in [1.165, 1.54) is 18.2 Å². The summed E-state index contributed by atoms with van der Waals surface area (Å²) in [6, 6.07) is 4.89. The van der Waals surface area contributed by atoms with E-state index in [1.807, 2.05) is 7.05 Å². The third-order valence-corrected chi connectivity index (χ3v) is 3.98. The van der Waals surface area contributed by atoms with Crippen LogP contribution in [0.2, 0.25) is 5.02 Å². The summed E-state index contributed by atoms with van der Waals surface area (Å²) in [6.45, 7) is 0. The smallest absolute Gasteiger partial charge is 0.255 e. The molecule has 0 aliphatic heterocycles. The molecule has 0 spiro atoms. The molecule has 1 fully saturated rings. The largest absolute Gasteiger partial charge is 0.349 e. The standard InChI is InChI=1S/C14H18ClFN2O/c1-17-9-5-7-10(8-6-9)18-14(19)13-11(15)3-2-4-12(13)16/h2-4,9-10,17H,5-8H2,1H3,(H,18,19). The van der Waals surface area contributed by atoms with E-state index in [9.17, 15) is 9.18 Å². The Balaban J connectivity index is 1.98. The Hall–Kier alpha value is -1.13. The van der Waals surface area contributed by atoms with Crippen LogP contribution in [-0.2, 0) is 0 Å². The van der Waals surface area contributed by atoms with Crippen molar-refractivity contribution in [3.05, 3.63) is 34.6 Å². The molecule has 0 atom stereocenters. The van der Waals surface area contributed by atoms with Crippen molar-refractivity contribution in [3.8, 4) is 0 Å². The molecule has 1 aliphatic rings. The van der Waals surface area contributed by atoms with Gasteiger partial charge in [-0.2, -0.15) is 0 Å². The first-order valence-electron chi connectivity index (χ1n) is 6.54. The van der Waals surface area contributed by atoms with Crippen LogP contribution in [0.15, 0.2) is 18.2 Å². The molecular weight excluding hydrogens is 267 g/mol. The van der Waals surface area contributed by atoms with E-state index in [0.717, 1.165) is 25.7 Å². The number of hydrogen-bond donors (Lipinski definition) is 2. The quantitative estimate of drug-likeness (QED) is 0.896. The van der Waals surface area contributed by atoms with Crippen molar-refractivity contribution in [3.63, 3.8) is 0 Å². The van der Waals surface area contributed by atoms with Crippen molar-refractivity contribution < 1.29 is 9.18 Å². The Morgan fingerprint density at radius 3 is 2.47 bits per heavy atom. The van der Waals surface area contributed by atoms with E-state index < -0.39 is 11.7 Å². The van der Waals surface area contributed by atoms with Gasteiger partial charge in [0.25, 0.3) is 5.91 Å². The van der Waals surface area contributed by atoms with E-state index in [0.29, 0.717) is 6.04 Å². The minimum absolute atomic E-state index is 0.0556. The molecule has 5 heteroatoms. The summed E-state index contributed by atoms with van der Waals surface area (Å²) in [7, 11) is 1.95. The Morgan fingerprint density at radius 1 is 1.26 bits per heavy atom. The second kappa shape index (κ2) is 6.35. The van der Waals surface area contributed by atoms with Crippen LogP contribution < -0.4 is 10.6 Å². The highest BCUT2D eigenvalue weighted by Gasteiger charge is 2.23. The summed E-state index contributed by atoms with van der Waals surface area (Å²) in [4.78, 5) is 12.1. The Bertz CT molecular complexity index is 439.